The first-order valence-electron chi connectivity index (χ1n) is 9.94. The Hall–Kier alpha value is -2.45. The van der Waals surface area contributed by atoms with Crippen molar-refractivity contribution in [3.63, 3.8) is 0 Å². The lowest BCUT2D eigenvalue weighted by Crippen LogP contribution is -2.54. The van der Waals surface area contributed by atoms with E-state index in [1.807, 2.05) is 11.0 Å². The molecule has 0 spiro atoms. The number of amides is 2. The molecule has 0 aliphatic carbocycles. The summed E-state index contributed by atoms with van der Waals surface area (Å²) < 4.78 is 0. The number of piperazine rings is 1. The number of nitrogens with zero attached hydrogens (tertiary/aromatic N) is 3. The minimum absolute atomic E-state index is 0.0536. The van der Waals surface area contributed by atoms with Crippen LogP contribution in [0.25, 0.3) is 10.9 Å². The van der Waals surface area contributed by atoms with E-state index in [4.69, 9.17) is 5.73 Å². The highest BCUT2D eigenvalue weighted by Gasteiger charge is 2.26. The molecule has 28 heavy (non-hydrogen) atoms. The van der Waals surface area contributed by atoms with Crippen LogP contribution >= 0.6 is 0 Å². The second-order valence-corrected chi connectivity index (χ2v) is 7.59. The molecule has 0 atom stereocenters. The molecule has 2 fully saturated rings. The zero-order valence-corrected chi connectivity index (χ0v) is 16.0. The topological polar surface area (TPSA) is 107 Å². The molecule has 1 radical (unpaired) electrons. The Kier molecular flexibility index (Phi) is 5.59. The Morgan fingerprint density at radius 3 is 2.64 bits per heavy atom. The predicted octanol–water partition coefficient (Wildman–Crippen LogP) is 0.305. The van der Waals surface area contributed by atoms with Crippen LogP contribution in [0, 0.1) is 6.42 Å². The van der Waals surface area contributed by atoms with Crippen LogP contribution in [0.4, 0.5) is 0 Å². The monoisotopic (exact) mass is 383 g/mol. The van der Waals surface area contributed by atoms with Crippen molar-refractivity contribution in [2.45, 2.75) is 25.3 Å². The Bertz CT molecular complexity index is 849. The summed E-state index contributed by atoms with van der Waals surface area (Å²) in [4.78, 5) is 28.8. The first-order chi connectivity index (χ1) is 13.6. The normalized spacial score (nSPS) is 19.2. The van der Waals surface area contributed by atoms with Gasteiger partial charge in [-0.25, -0.2) is 0 Å². The number of aromatic nitrogens is 2. The number of nitrogens with two attached hydrogens (primary N) is 1. The number of H-pyrrole nitrogens is 1. The molecule has 2 saturated heterocycles. The van der Waals surface area contributed by atoms with Gasteiger partial charge in [-0.1, -0.05) is 0 Å². The number of hydrogen-bond acceptors (Lipinski definition) is 5. The number of carbonyl (C=O) groups excluding carboxylic acids is 2. The van der Waals surface area contributed by atoms with Gasteiger partial charge in [0, 0.05) is 37.6 Å². The van der Waals surface area contributed by atoms with E-state index in [1.54, 1.807) is 18.7 Å². The van der Waals surface area contributed by atoms with Gasteiger partial charge in [0.05, 0.1) is 23.7 Å². The van der Waals surface area contributed by atoms with Crippen LogP contribution in [0.5, 0.6) is 0 Å². The number of nitrogens with one attached hydrogen (secondary N) is 2. The largest absolute Gasteiger partial charge is 0.366 e. The highest BCUT2D eigenvalue weighted by Crippen LogP contribution is 2.20. The van der Waals surface area contributed by atoms with Crippen molar-refractivity contribution in [2.75, 3.05) is 39.3 Å². The Morgan fingerprint density at radius 1 is 1.18 bits per heavy atom. The molecule has 2 aliphatic heterocycles. The molecule has 3 heterocycles. The standard InChI is InChI=1S/C20H27N6O2/c21-20(28)17-12-14(11-15-13-23-24-19(15)17)1-2-18(27)26-9-7-25(8-10-26)16-3-5-22-6-4-16/h2,11-13,16,22H,1,3-10H2,(H2,21,28)(H,23,24). The van der Waals surface area contributed by atoms with Gasteiger partial charge in [0.2, 0.25) is 5.91 Å². The maximum Gasteiger partial charge on any atom is 0.250 e. The SMILES string of the molecule is NC(=O)c1cc(C[CH]C(=O)N2CCN(C3CCNCC3)CC2)cc2cn[nH]c12. The summed E-state index contributed by atoms with van der Waals surface area (Å²) in [7, 11) is 0. The number of benzene rings is 1. The third-order valence-electron chi connectivity index (χ3n) is 5.84. The number of aromatic amines is 1. The van der Waals surface area contributed by atoms with Gasteiger partial charge in [-0.05, 0) is 50.0 Å². The van der Waals surface area contributed by atoms with Crippen molar-refractivity contribution in [3.8, 4) is 0 Å². The van der Waals surface area contributed by atoms with Crippen molar-refractivity contribution >= 4 is 22.7 Å². The summed E-state index contributed by atoms with van der Waals surface area (Å²) in [5.74, 6) is -0.450. The highest BCUT2D eigenvalue weighted by molar-refractivity contribution is 6.05. The molecule has 8 heteroatoms. The Morgan fingerprint density at radius 2 is 1.93 bits per heavy atom. The van der Waals surface area contributed by atoms with E-state index in [1.165, 1.54) is 12.8 Å². The van der Waals surface area contributed by atoms with Crippen LogP contribution in [-0.4, -0.2) is 77.1 Å². The maximum absolute atomic E-state index is 12.6. The van der Waals surface area contributed by atoms with Crippen molar-refractivity contribution in [2.24, 2.45) is 5.73 Å². The van der Waals surface area contributed by atoms with Crippen molar-refractivity contribution in [3.05, 3.63) is 35.9 Å². The first kappa shape index (κ1) is 18.9. The van der Waals surface area contributed by atoms with E-state index in [0.717, 1.165) is 50.2 Å². The molecule has 2 amide bonds. The molecule has 149 valence electrons. The van der Waals surface area contributed by atoms with E-state index in [0.29, 0.717) is 23.5 Å². The Labute approximate surface area is 164 Å². The third-order valence-corrected chi connectivity index (χ3v) is 5.84. The lowest BCUT2D eigenvalue weighted by Gasteiger charge is -2.40. The average Bonchev–Trinajstić information content (AvgIpc) is 3.20. The lowest BCUT2D eigenvalue weighted by molar-refractivity contribution is -0.129. The molecule has 4 rings (SSSR count). The molecule has 0 unspecified atom stereocenters. The molecule has 1 aromatic carbocycles. The van der Waals surface area contributed by atoms with E-state index >= 15 is 0 Å². The summed E-state index contributed by atoms with van der Waals surface area (Å²) >= 11 is 0. The Balaban J connectivity index is 1.32. The molecule has 1 aromatic heterocycles. The molecule has 2 aromatic rings. The quantitative estimate of drug-likeness (QED) is 0.689. The van der Waals surface area contributed by atoms with Gasteiger partial charge >= 0.3 is 0 Å². The maximum atomic E-state index is 12.6. The van der Waals surface area contributed by atoms with Crippen LogP contribution < -0.4 is 11.1 Å². The molecule has 0 saturated carbocycles. The van der Waals surface area contributed by atoms with Gasteiger partial charge in [-0.3, -0.25) is 19.6 Å². The number of fused-ring (bicyclic) bond motifs is 1. The van der Waals surface area contributed by atoms with Crippen LogP contribution in [0.3, 0.4) is 0 Å². The van der Waals surface area contributed by atoms with Gasteiger partial charge < -0.3 is 16.0 Å². The number of rotatable bonds is 5. The van der Waals surface area contributed by atoms with Gasteiger partial charge in [0.1, 0.15) is 0 Å². The summed E-state index contributed by atoms with van der Waals surface area (Å²) in [6.07, 6.45) is 6.21. The highest BCUT2D eigenvalue weighted by atomic mass is 16.2. The van der Waals surface area contributed by atoms with Crippen LogP contribution in [0.15, 0.2) is 18.3 Å². The van der Waals surface area contributed by atoms with Gasteiger partial charge in [-0.2, -0.15) is 5.10 Å². The van der Waals surface area contributed by atoms with Gasteiger partial charge in [0.25, 0.3) is 5.91 Å². The molecular formula is C20H27N6O2. The molecule has 4 N–H and O–H groups in total. The number of piperidine rings is 1. The van der Waals surface area contributed by atoms with Crippen LogP contribution in [0.2, 0.25) is 0 Å². The van der Waals surface area contributed by atoms with E-state index in [-0.39, 0.29) is 5.91 Å². The first-order valence-corrected chi connectivity index (χ1v) is 9.94. The lowest BCUT2D eigenvalue weighted by atomic mass is 10.0. The predicted molar refractivity (Wildman–Crippen MR) is 107 cm³/mol. The van der Waals surface area contributed by atoms with Crippen molar-refractivity contribution < 1.29 is 9.59 Å². The fraction of sp³-hybridized carbons (Fsp3) is 0.500. The number of carbonyl (C=O) groups is 2. The van der Waals surface area contributed by atoms with E-state index < -0.39 is 5.91 Å². The zero-order valence-electron chi connectivity index (χ0n) is 16.0. The van der Waals surface area contributed by atoms with Crippen molar-refractivity contribution in [1.29, 1.82) is 0 Å². The molecule has 0 bridgehead atoms. The number of primary amides is 1. The fourth-order valence-electron chi connectivity index (χ4n) is 4.25. The second-order valence-electron chi connectivity index (χ2n) is 7.59. The van der Waals surface area contributed by atoms with Crippen LogP contribution in [-0.2, 0) is 11.2 Å². The third kappa shape index (κ3) is 4.02. The smallest absolute Gasteiger partial charge is 0.250 e. The second kappa shape index (κ2) is 8.28. The minimum atomic E-state index is -0.503. The molecular weight excluding hydrogens is 356 g/mol. The van der Waals surface area contributed by atoms with Crippen molar-refractivity contribution in [1.82, 2.24) is 25.3 Å². The molecule has 2 aliphatic rings. The van der Waals surface area contributed by atoms with Gasteiger partial charge in [0.15, 0.2) is 0 Å². The summed E-state index contributed by atoms with van der Waals surface area (Å²) in [6, 6.07) is 4.32. The van der Waals surface area contributed by atoms with E-state index in [2.05, 4.69) is 20.4 Å². The minimum Gasteiger partial charge on any atom is -0.366 e. The zero-order chi connectivity index (χ0) is 19.5. The average molecular weight is 383 g/mol. The summed E-state index contributed by atoms with van der Waals surface area (Å²) in [5, 5.41) is 11.0. The van der Waals surface area contributed by atoms with E-state index in [9.17, 15) is 9.59 Å². The fourth-order valence-corrected chi connectivity index (χ4v) is 4.25. The van der Waals surface area contributed by atoms with Crippen LogP contribution in [0.1, 0.15) is 28.8 Å². The van der Waals surface area contributed by atoms with Gasteiger partial charge in [-0.15, -0.1) is 0 Å². The molecule has 8 nitrogen and oxygen atoms in total. The summed E-state index contributed by atoms with van der Waals surface area (Å²) in [6.45, 7) is 5.60. The number of hydrogen-bond donors (Lipinski definition) is 3. The summed E-state index contributed by atoms with van der Waals surface area (Å²) in [5.41, 5.74) is 7.39.